The zero-order chi connectivity index (χ0) is 45.6. The van der Waals surface area contributed by atoms with Gasteiger partial charge in [0.15, 0.2) is 0 Å². The molecule has 3 aliphatic rings. The maximum absolute atomic E-state index is 14.5. The molecule has 6 atom stereocenters. The summed E-state index contributed by atoms with van der Waals surface area (Å²) in [6.07, 6.45) is 8.73. The first-order valence-corrected chi connectivity index (χ1v) is 21.8. The summed E-state index contributed by atoms with van der Waals surface area (Å²) in [5, 5.41) is 27.2. The average Bonchev–Trinajstić information content (AvgIpc) is 3.30. The second-order valence-corrected chi connectivity index (χ2v) is 16.0. The van der Waals surface area contributed by atoms with Gasteiger partial charge in [-0.2, -0.15) is 0 Å². The van der Waals surface area contributed by atoms with Crippen molar-refractivity contribution in [1.82, 2.24) is 4.90 Å². The predicted molar refractivity (Wildman–Crippen MR) is 239 cm³/mol. The van der Waals surface area contributed by atoms with E-state index in [1.54, 1.807) is 59.5 Å². The molecule has 15 heteroatoms. The number of carbonyl (C=O) groups excluding carboxylic acids is 2. The summed E-state index contributed by atoms with van der Waals surface area (Å²) < 4.78 is 51.1. The molecule has 1 heterocycles. The highest BCUT2D eigenvalue weighted by Crippen LogP contribution is 2.62. The van der Waals surface area contributed by atoms with Crippen LogP contribution in [0.25, 0.3) is 0 Å². The summed E-state index contributed by atoms with van der Waals surface area (Å²) in [5.74, 6) is -1.52. The number of ether oxygens (including phenoxy) is 6. The lowest BCUT2D eigenvalue weighted by Gasteiger charge is -2.59. The lowest BCUT2D eigenvalue weighted by molar-refractivity contribution is -0.256. The Balaban J connectivity index is 1.53. The number of halogens is 1. The van der Waals surface area contributed by atoms with Crippen LogP contribution in [0, 0.1) is 23.6 Å². The number of rotatable bonds is 22. The molecule has 14 nitrogen and oxygen atoms in total. The minimum absolute atomic E-state index is 0.00850. The molecule has 3 N–H and O–H groups in total. The van der Waals surface area contributed by atoms with Gasteiger partial charge in [-0.15, -0.1) is 13.2 Å². The number of hydrogen-bond acceptors (Lipinski definition) is 12. The van der Waals surface area contributed by atoms with Gasteiger partial charge < -0.3 is 43.5 Å². The third kappa shape index (κ3) is 10.7. The van der Waals surface area contributed by atoms with Crippen molar-refractivity contribution in [3.8, 4) is 23.0 Å². The fraction of sp³-hybridized carbons (Fsp3) is 0.449. The molecule has 0 radical (unpaired) electrons. The molecule has 0 saturated heterocycles. The Bertz CT molecular complexity index is 2150. The zero-order valence-corrected chi connectivity index (χ0v) is 36.8. The summed E-state index contributed by atoms with van der Waals surface area (Å²) in [6.45, 7) is 7.95. The molecular formula is C49H60FN3O11. The first kappa shape index (κ1) is 47.6. The van der Waals surface area contributed by atoms with E-state index in [0.29, 0.717) is 66.3 Å². The number of carbonyl (C=O) groups is 2. The van der Waals surface area contributed by atoms with Gasteiger partial charge in [-0.1, -0.05) is 48.4 Å². The second-order valence-electron chi connectivity index (χ2n) is 16.0. The number of nitrogens with zero attached hydrogens (tertiary/aromatic N) is 2. The molecular weight excluding hydrogens is 826 g/mol. The molecule has 1 fully saturated rings. The second kappa shape index (κ2) is 22.6. The summed E-state index contributed by atoms with van der Waals surface area (Å²) in [7, 11) is 4.49. The summed E-state index contributed by atoms with van der Waals surface area (Å²) in [4.78, 5) is 35.1. The highest BCUT2D eigenvalue weighted by Gasteiger charge is 2.65. The zero-order valence-electron chi connectivity index (χ0n) is 36.8. The summed E-state index contributed by atoms with van der Waals surface area (Å²) in [5.41, 5.74) is 3.17. The molecule has 0 aromatic heterocycles. The number of oxime groups is 1. The van der Waals surface area contributed by atoms with E-state index in [1.165, 1.54) is 33.5 Å². The minimum Gasteiger partial charge on any atom is -0.497 e. The number of fused-ring (bicyclic) bond motifs is 2. The molecule has 6 unspecified atom stereocenters. The van der Waals surface area contributed by atoms with E-state index in [1.807, 2.05) is 6.07 Å². The van der Waals surface area contributed by atoms with E-state index in [9.17, 15) is 24.2 Å². The number of methoxy groups -OCH3 is 2. The highest BCUT2D eigenvalue weighted by atomic mass is 19.1. The first-order valence-electron chi connectivity index (χ1n) is 21.8. The van der Waals surface area contributed by atoms with Crippen molar-refractivity contribution in [1.29, 1.82) is 0 Å². The van der Waals surface area contributed by atoms with Gasteiger partial charge in [0.25, 0.3) is 0 Å². The maximum atomic E-state index is 14.5. The van der Waals surface area contributed by atoms with Crippen LogP contribution in [0.15, 0.2) is 103 Å². The van der Waals surface area contributed by atoms with Crippen molar-refractivity contribution < 1.29 is 57.5 Å². The Morgan fingerprint density at radius 3 is 2.39 bits per heavy atom. The van der Waals surface area contributed by atoms with E-state index in [0.717, 1.165) is 24.0 Å². The number of unbranched alkanes of at least 4 members (excludes halogenated alkanes) is 2. The predicted octanol–water partition coefficient (Wildman–Crippen LogP) is 8.93. The van der Waals surface area contributed by atoms with E-state index >= 15 is 0 Å². The Hall–Kier alpha value is -5.90. The van der Waals surface area contributed by atoms with E-state index in [4.69, 9.17) is 33.3 Å². The van der Waals surface area contributed by atoms with E-state index in [-0.39, 0.29) is 57.0 Å². The van der Waals surface area contributed by atoms with Gasteiger partial charge in [0.05, 0.1) is 44.8 Å². The van der Waals surface area contributed by atoms with Gasteiger partial charge in [-0.3, -0.25) is 10.2 Å². The quantitative estimate of drug-likeness (QED) is 0.0501. The first-order chi connectivity index (χ1) is 31.1. The number of anilines is 1. The molecule has 3 aromatic carbocycles. The molecule has 2 aliphatic carbocycles. The fourth-order valence-electron chi connectivity index (χ4n) is 9.37. The molecule has 3 aromatic rings. The van der Waals surface area contributed by atoms with Gasteiger partial charge >= 0.3 is 12.2 Å². The van der Waals surface area contributed by atoms with Gasteiger partial charge in [-0.25, -0.2) is 14.0 Å². The number of hydrogen-bond donors (Lipinski definition) is 3. The molecule has 344 valence electrons. The third-order valence-electron chi connectivity index (χ3n) is 12.1. The Morgan fingerprint density at radius 1 is 0.953 bits per heavy atom. The lowest BCUT2D eigenvalue weighted by Crippen LogP contribution is -2.70. The number of aliphatic hydroxyl groups is 2. The topological polar surface area (TPSA) is 167 Å². The number of benzene rings is 3. The molecule has 0 bridgehead atoms. The maximum Gasteiger partial charge on any atom is 0.417 e. The molecule has 2 amide bonds. The molecule has 1 aliphatic heterocycles. The van der Waals surface area contributed by atoms with Crippen LogP contribution in [-0.2, 0) is 20.9 Å². The minimum atomic E-state index is -1.59. The normalized spacial score (nSPS) is 22.4. The van der Waals surface area contributed by atoms with Crippen LogP contribution in [0.1, 0.15) is 68.4 Å². The van der Waals surface area contributed by atoms with Crippen molar-refractivity contribution in [2.45, 2.75) is 75.7 Å². The Kier molecular flexibility index (Phi) is 16.8. The van der Waals surface area contributed by atoms with Crippen LogP contribution >= 0.6 is 0 Å². The highest BCUT2D eigenvalue weighted by molar-refractivity contribution is 6.03. The molecule has 0 spiro atoms. The SMILES string of the molecule is C=CCCOC(=O)N(Cc1ccc(F)cc1)C1CC(=NOC)C2=CC(CCCCO)C(CCCCO)C3c4cc(OC(=O)Nc5ccc(OC)cc5OC)ccc4OC1(OCC=C)C23. The fourth-order valence-corrected chi connectivity index (χ4v) is 9.37. The lowest BCUT2D eigenvalue weighted by atomic mass is 9.55. The Morgan fingerprint density at radius 2 is 1.70 bits per heavy atom. The number of allylic oxidation sites excluding steroid dienone is 1. The number of nitrogens with one attached hydrogen (secondary N) is 1. The van der Waals surface area contributed by atoms with Crippen LogP contribution in [0.4, 0.5) is 19.7 Å². The Labute approximate surface area is 374 Å². The van der Waals surface area contributed by atoms with Crippen molar-refractivity contribution in [3.63, 3.8) is 0 Å². The monoisotopic (exact) mass is 885 g/mol. The number of aliphatic hydroxyl groups excluding tert-OH is 2. The van der Waals surface area contributed by atoms with Gasteiger partial charge in [-0.05, 0) is 97.5 Å². The van der Waals surface area contributed by atoms with Crippen LogP contribution in [0.2, 0.25) is 0 Å². The largest absolute Gasteiger partial charge is 0.497 e. The van der Waals surface area contributed by atoms with Crippen molar-refractivity contribution in [3.05, 3.63) is 115 Å². The molecule has 6 rings (SSSR count). The van der Waals surface area contributed by atoms with Gasteiger partial charge in [0, 0.05) is 43.7 Å². The number of amides is 2. The summed E-state index contributed by atoms with van der Waals surface area (Å²) >= 11 is 0. The third-order valence-corrected chi connectivity index (χ3v) is 12.1. The van der Waals surface area contributed by atoms with Crippen LogP contribution in [-0.4, -0.2) is 92.6 Å². The van der Waals surface area contributed by atoms with Crippen LogP contribution in [0.5, 0.6) is 23.0 Å². The van der Waals surface area contributed by atoms with Gasteiger partial charge in [0.2, 0.25) is 5.79 Å². The van der Waals surface area contributed by atoms with Crippen molar-refractivity contribution in [2.75, 3.05) is 53.1 Å². The molecule has 64 heavy (non-hydrogen) atoms. The standard InChI is InChI=1S/C49H60FN3O11/c1-6-8-26-61-48(57)53(31-32-15-17-34(50)18-16-32)44-30-41(52-60-5)38-27-33(13-9-11-23-54)37(14-10-12-24-55)45-39-28-36(20-22-42(39)64-49(44,46(38)45)62-25-7-2)63-47(56)51-40-21-19-35(58-3)29-43(40)59-4/h6-7,15-22,27-29,33,37,44-46,54-55H,1-2,8-14,23-26,30-31H2,3-5H3,(H,51,56). The van der Waals surface area contributed by atoms with Crippen LogP contribution in [0.3, 0.4) is 0 Å². The van der Waals surface area contributed by atoms with E-state index in [2.05, 4.69) is 29.7 Å². The molecule has 1 saturated carbocycles. The summed E-state index contributed by atoms with van der Waals surface area (Å²) in [6, 6.07) is 15.2. The van der Waals surface area contributed by atoms with E-state index < -0.39 is 41.7 Å². The smallest absolute Gasteiger partial charge is 0.417 e. The van der Waals surface area contributed by atoms with Crippen molar-refractivity contribution in [2.24, 2.45) is 22.9 Å². The van der Waals surface area contributed by atoms with Crippen LogP contribution < -0.4 is 24.3 Å². The van der Waals surface area contributed by atoms with Gasteiger partial charge in [0.1, 0.15) is 42.0 Å². The van der Waals surface area contributed by atoms with Crippen molar-refractivity contribution >= 4 is 23.6 Å². The average molecular weight is 886 g/mol.